The minimum Gasteiger partial charge on any atom is -0.496 e. The van der Waals surface area contributed by atoms with Gasteiger partial charge in [-0.05, 0) is 80.0 Å². The van der Waals surface area contributed by atoms with E-state index in [0.29, 0.717) is 46.3 Å². The van der Waals surface area contributed by atoms with Crippen LogP contribution in [0.4, 0.5) is 0 Å². The summed E-state index contributed by atoms with van der Waals surface area (Å²) >= 11 is 0. The van der Waals surface area contributed by atoms with E-state index in [0.717, 1.165) is 12.8 Å². The van der Waals surface area contributed by atoms with Gasteiger partial charge in [-0.1, -0.05) is 24.3 Å². The van der Waals surface area contributed by atoms with Gasteiger partial charge in [0.15, 0.2) is 0 Å². The Morgan fingerprint density at radius 2 is 1.09 bits per heavy atom. The third-order valence-corrected chi connectivity index (χ3v) is 7.87. The average Bonchev–Trinajstić information content (AvgIpc) is 3.46. The lowest BCUT2D eigenvalue weighted by molar-refractivity contribution is -0.0824. The van der Waals surface area contributed by atoms with Gasteiger partial charge in [0, 0.05) is 0 Å². The third kappa shape index (κ3) is 4.07. The number of carbonyl (C=O) groups is 2. The third-order valence-electron chi connectivity index (χ3n) is 7.87. The zero-order chi connectivity index (χ0) is 22.9. The maximum Gasteiger partial charge on any atom is 0.342 e. The number of fused-ring (bicyclic) bond motifs is 5. The summed E-state index contributed by atoms with van der Waals surface area (Å²) in [5.41, 5.74) is 0.759. The number of ether oxygens (including phenoxy) is 4. The smallest absolute Gasteiger partial charge is 0.342 e. The summed E-state index contributed by atoms with van der Waals surface area (Å²) in [6.45, 7) is 0. The van der Waals surface area contributed by atoms with Crippen LogP contribution in [0, 0.1) is 23.7 Å². The summed E-state index contributed by atoms with van der Waals surface area (Å²) < 4.78 is 22.7. The first-order valence-corrected chi connectivity index (χ1v) is 11.8. The highest BCUT2D eigenvalue weighted by Crippen LogP contribution is 2.58. The number of hydrogen-bond donors (Lipinski definition) is 0. The van der Waals surface area contributed by atoms with Gasteiger partial charge in [0.1, 0.15) is 34.8 Å². The van der Waals surface area contributed by atoms with Crippen LogP contribution in [0.3, 0.4) is 0 Å². The molecule has 0 saturated heterocycles. The van der Waals surface area contributed by atoms with Gasteiger partial charge in [-0.15, -0.1) is 0 Å². The zero-order valence-corrected chi connectivity index (χ0v) is 19.1. The van der Waals surface area contributed by atoms with E-state index in [9.17, 15) is 9.59 Å². The van der Waals surface area contributed by atoms with E-state index in [4.69, 9.17) is 18.9 Å². The molecule has 2 bridgehead atoms. The number of hydrogen-bond acceptors (Lipinski definition) is 6. The molecule has 0 radical (unpaired) electrons. The number of benzene rings is 2. The summed E-state index contributed by atoms with van der Waals surface area (Å²) in [7, 11) is 3.06. The molecule has 0 heterocycles. The Morgan fingerprint density at radius 1 is 0.667 bits per heavy atom. The van der Waals surface area contributed by atoms with Gasteiger partial charge < -0.3 is 18.9 Å². The van der Waals surface area contributed by atoms with E-state index in [-0.39, 0.29) is 0 Å². The fraction of sp³-hybridized carbons (Fsp3) is 0.481. The number of carbonyl (C=O) groups excluding carboxylic acids is 2. The lowest BCUT2D eigenvalue weighted by Crippen LogP contribution is -2.45. The molecule has 0 N–H and O–H groups in total. The summed E-state index contributed by atoms with van der Waals surface area (Å²) in [5, 5.41) is 0. The van der Waals surface area contributed by atoms with Gasteiger partial charge in [-0.3, -0.25) is 0 Å². The molecule has 3 saturated carbocycles. The van der Waals surface area contributed by atoms with Gasteiger partial charge in [-0.2, -0.15) is 0 Å². The van der Waals surface area contributed by atoms with Crippen molar-refractivity contribution in [2.75, 3.05) is 14.2 Å². The molecule has 0 aromatic heterocycles. The fourth-order valence-electron chi connectivity index (χ4n) is 6.38. The van der Waals surface area contributed by atoms with E-state index < -0.39 is 24.1 Å². The van der Waals surface area contributed by atoms with E-state index in [1.807, 2.05) is 12.1 Å². The van der Waals surface area contributed by atoms with E-state index in [1.165, 1.54) is 33.5 Å². The molecular weight excluding hydrogens is 420 g/mol. The molecule has 6 nitrogen and oxygen atoms in total. The van der Waals surface area contributed by atoms with Gasteiger partial charge >= 0.3 is 11.9 Å². The minimum atomic E-state index is -0.485. The quantitative estimate of drug-likeness (QED) is 0.583. The normalized spacial score (nSPS) is 29.8. The van der Waals surface area contributed by atoms with Crippen molar-refractivity contribution in [3.63, 3.8) is 0 Å². The number of esters is 2. The first-order chi connectivity index (χ1) is 16.1. The molecular formula is C27H30O6. The highest BCUT2D eigenvalue weighted by molar-refractivity contribution is 5.93. The highest BCUT2D eigenvalue weighted by Gasteiger charge is 2.53. The van der Waals surface area contributed by atoms with Crippen LogP contribution in [0.2, 0.25) is 0 Å². The van der Waals surface area contributed by atoms with Crippen LogP contribution in [0.1, 0.15) is 52.8 Å². The van der Waals surface area contributed by atoms with Gasteiger partial charge in [0.05, 0.1) is 14.2 Å². The van der Waals surface area contributed by atoms with Crippen LogP contribution in [0.5, 0.6) is 11.5 Å². The first kappa shape index (κ1) is 21.8. The predicted molar refractivity (Wildman–Crippen MR) is 121 cm³/mol. The highest BCUT2D eigenvalue weighted by atomic mass is 16.6. The molecule has 33 heavy (non-hydrogen) atoms. The molecule has 0 spiro atoms. The molecule has 2 aromatic rings. The van der Waals surface area contributed by atoms with Crippen molar-refractivity contribution in [2.24, 2.45) is 23.7 Å². The Bertz CT molecular complexity index is 951. The maximum atomic E-state index is 13.1. The molecule has 174 valence electrons. The lowest BCUT2D eigenvalue weighted by Gasteiger charge is -2.42. The van der Waals surface area contributed by atoms with Crippen LogP contribution in [0.15, 0.2) is 48.5 Å². The van der Waals surface area contributed by atoms with Gasteiger partial charge in [0.2, 0.25) is 0 Å². The molecule has 6 unspecified atom stereocenters. The molecule has 3 aliphatic rings. The lowest BCUT2D eigenvalue weighted by atomic mass is 9.69. The topological polar surface area (TPSA) is 71.1 Å². The van der Waals surface area contributed by atoms with Crippen molar-refractivity contribution in [3.8, 4) is 11.5 Å². The molecule has 3 fully saturated rings. The minimum absolute atomic E-state index is 0.380. The Balaban J connectivity index is 1.38. The van der Waals surface area contributed by atoms with Gasteiger partial charge in [-0.25, -0.2) is 9.59 Å². The SMILES string of the molecule is COc1ccccc1C(=O)OC1CC2C3CCC(C3)C2CC1OC(=O)c1ccccc1OC. The van der Waals surface area contributed by atoms with E-state index in [2.05, 4.69) is 0 Å². The van der Waals surface area contributed by atoms with Crippen LogP contribution in [0.25, 0.3) is 0 Å². The zero-order valence-electron chi connectivity index (χ0n) is 19.1. The Morgan fingerprint density at radius 3 is 1.52 bits per heavy atom. The Labute approximate surface area is 194 Å². The second-order valence-corrected chi connectivity index (χ2v) is 9.42. The van der Waals surface area contributed by atoms with Gasteiger partial charge in [0.25, 0.3) is 0 Å². The number of rotatable bonds is 6. The van der Waals surface area contributed by atoms with Crippen LogP contribution < -0.4 is 9.47 Å². The average molecular weight is 451 g/mol. The number of methoxy groups -OCH3 is 2. The van der Waals surface area contributed by atoms with Crippen molar-refractivity contribution in [2.45, 2.75) is 44.3 Å². The fourth-order valence-corrected chi connectivity index (χ4v) is 6.38. The Kier molecular flexibility index (Phi) is 6.00. The first-order valence-electron chi connectivity index (χ1n) is 11.8. The second-order valence-electron chi connectivity index (χ2n) is 9.42. The largest absolute Gasteiger partial charge is 0.496 e. The van der Waals surface area contributed by atoms with Crippen molar-refractivity contribution >= 4 is 11.9 Å². The maximum absolute atomic E-state index is 13.1. The standard InChI is InChI=1S/C27H30O6/c1-30-22-9-5-3-7-18(22)26(28)32-24-14-20-16-11-12-17(13-16)21(20)15-25(24)33-27(29)19-8-4-6-10-23(19)31-2/h3-10,16-17,20-21,24-25H,11-15H2,1-2H3. The summed E-state index contributed by atoms with van der Waals surface area (Å²) in [5.74, 6) is 2.49. The van der Waals surface area contributed by atoms with Crippen LogP contribution in [-0.4, -0.2) is 38.4 Å². The van der Waals surface area contributed by atoms with Crippen LogP contribution in [-0.2, 0) is 9.47 Å². The second kappa shape index (κ2) is 9.08. The molecule has 0 aliphatic heterocycles. The summed E-state index contributed by atoms with van der Waals surface area (Å²) in [4.78, 5) is 26.2. The molecule has 6 heteroatoms. The summed E-state index contributed by atoms with van der Waals surface area (Å²) in [6.07, 6.45) is 4.25. The molecule has 6 atom stereocenters. The van der Waals surface area contributed by atoms with Crippen molar-refractivity contribution in [1.82, 2.24) is 0 Å². The van der Waals surface area contributed by atoms with Crippen molar-refractivity contribution in [1.29, 1.82) is 0 Å². The van der Waals surface area contributed by atoms with Crippen molar-refractivity contribution in [3.05, 3.63) is 59.7 Å². The Hall–Kier alpha value is -3.02. The molecule has 0 amide bonds. The van der Waals surface area contributed by atoms with Crippen LogP contribution >= 0.6 is 0 Å². The van der Waals surface area contributed by atoms with Crippen molar-refractivity contribution < 1.29 is 28.5 Å². The molecule has 5 rings (SSSR count). The monoisotopic (exact) mass is 450 g/mol. The van der Waals surface area contributed by atoms with E-state index in [1.54, 1.807) is 36.4 Å². The number of para-hydroxylation sites is 2. The van der Waals surface area contributed by atoms with E-state index >= 15 is 0 Å². The summed E-state index contributed by atoms with van der Waals surface area (Å²) in [6, 6.07) is 14.1. The molecule has 2 aromatic carbocycles. The molecule has 3 aliphatic carbocycles. The predicted octanol–water partition coefficient (Wildman–Crippen LogP) is 4.91.